The summed E-state index contributed by atoms with van der Waals surface area (Å²) in [4.78, 5) is 11.3. The van der Waals surface area contributed by atoms with Crippen LogP contribution in [0.4, 0.5) is 0 Å². The molecule has 0 saturated carbocycles. The molecule has 2 heterocycles. The predicted octanol–water partition coefficient (Wildman–Crippen LogP) is 4.09. The number of carbonyl (C=O) groups excluding carboxylic acids is 1. The molecule has 0 fully saturated rings. The van der Waals surface area contributed by atoms with E-state index < -0.39 is 0 Å². The third-order valence-electron chi connectivity index (χ3n) is 4.96. The van der Waals surface area contributed by atoms with Crippen LogP contribution < -0.4 is 5.43 Å². The lowest BCUT2D eigenvalue weighted by molar-refractivity contribution is -0.121. The normalized spacial score (nSPS) is 14.6. The van der Waals surface area contributed by atoms with Crippen molar-refractivity contribution in [2.45, 2.75) is 26.3 Å². The highest BCUT2D eigenvalue weighted by atomic mass is 35.5. The van der Waals surface area contributed by atoms with Crippen molar-refractivity contribution in [2.75, 3.05) is 0 Å². The van der Waals surface area contributed by atoms with E-state index in [9.17, 15) is 9.90 Å². The van der Waals surface area contributed by atoms with E-state index in [2.05, 4.69) is 20.7 Å². The topological polar surface area (TPSA) is 91.3 Å². The molecule has 2 N–H and O–H groups in total. The van der Waals surface area contributed by atoms with E-state index in [-0.39, 0.29) is 11.8 Å². The van der Waals surface area contributed by atoms with Crippen molar-refractivity contribution in [1.82, 2.24) is 9.99 Å². The number of nitrogens with zero attached hydrogens (tertiary/aromatic N) is 4. The summed E-state index contributed by atoms with van der Waals surface area (Å²) in [6.07, 6.45) is 4.18. The Morgan fingerprint density at radius 1 is 1.17 bits per heavy atom. The standard InChI is InChI=1S/C22H20ClN5O2/c1-2-28-20-11-15(19-9-10-21(29)27-26-19)5-8-17(20)18(22(28)30)13-25-24-12-14-3-6-16(23)7-4-14/h3-8,11-13,30H,2,9-10H2,1H3,(H,27,29). The third-order valence-corrected chi connectivity index (χ3v) is 5.21. The zero-order valence-corrected chi connectivity index (χ0v) is 17.1. The molecule has 3 aromatic rings. The van der Waals surface area contributed by atoms with Crippen molar-refractivity contribution in [2.24, 2.45) is 15.3 Å². The summed E-state index contributed by atoms with van der Waals surface area (Å²) >= 11 is 5.88. The summed E-state index contributed by atoms with van der Waals surface area (Å²) < 4.78 is 1.81. The lowest BCUT2D eigenvalue weighted by atomic mass is 10.0. The first kappa shape index (κ1) is 19.8. The molecule has 0 spiro atoms. The maximum atomic E-state index is 11.3. The van der Waals surface area contributed by atoms with Gasteiger partial charge in [-0.2, -0.15) is 15.3 Å². The van der Waals surface area contributed by atoms with Gasteiger partial charge in [0.15, 0.2) is 0 Å². The van der Waals surface area contributed by atoms with Crippen molar-refractivity contribution in [3.05, 3.63) is 64.2 Å². The van der Waals surface area contributed by atoms with Crippen LogP contribution in [0.2, 0.25) is 5.02 Å². The van der Waals surface area contributed by atoms with Crippen LogP contribution in [-0.4, -0.2) is 33.7 Å². The number of aryl methyl sites for hydroxylation is 1. The van der Waals surface area contributed by atoms with Crippen molar-refractivity contribution < 1.29 is 9.90 Å². The van der Waals surface area contributed by atoms with Crippen molar-refractivity contribution in [1.29, 1.82) is 0 Å². The van der Waals surface area contributed by atoms with Crippen molar-refractivity contribution >= 4 is 46.6 Å². The Bertz CT molecular complexity index is 1190. The van der Waals surface area contributed by atoms with E-state index in [0.29, 0.717) is 30.0 Å². The van der Waals surface area contributed by atoms with E-state index in [1.165, 1.54) is 0 Å². The Kier molecular flexibility index (Phi) is 5.63. The van der Waals surface area contributed by atoms with Crippen LogP contribution in [0.3, 0.4) is 0 Å². The van der Waals surface area contributed by atoms with Gasteiger partial charge in [0.25, 0.3) is 0 Å². The molecule has 4 rings (SSSR count). The number of hydrazone groups is 1. The molecule has 0 bridgehead atoms. The SMILES string of the molecule is CCn1c(O)c(C=NN=Cc2ccc(Cl)cc2)c2ccc(C3=NNC(=O)CC3)cc21. The zero-order valence-electron chi connectivity index (χ0n) is 16.3. The minimum atomic E-state index is -0.0768. The summed E-state index contributed by atoms with van der Waals surface area (Å²) in [6.45, 7) is 2.56. The lowest BCUT2D eigenvalue weighted by Gasteiger charge is -2.12. The van der Waals surface area contributed by atoms with Crippen LogP contribution in [0.15, 0.2) is 57.8 Å². The molecule has 1 aliphatic heterocycles. The van der Waals surface area contributed by atoms with E-state index in [1.807, 2.05) is 41.8 Å². The number of fused-ring (bicyclic) bond motifs is 1. The van der Waals surface area contributed by atoms with Crippen molar-refractivity contribution in [3.63, 3.8) is 0 Å². The average Bonchev–Trinajstić information content (AvgIpc) is 3.03. The number of aromatic hydroxyl groups is 1. The minimum Gasteiger partial charge on any atom is -0.494 e. The summed E-state index contributed by atoms with van der Waals surface area (Å²) in [5, 5.41) is 24.6. The molecule has 1 amide bonds. The smallest absolute Gasteiger partial charge is 0.240 e. The summed E-state index contributed by atoms with van der Waals surface area (Å²) in [5.74, 6) is 0.0565. The molecule has 0 aliphatic carbocycles. The Morgan fingerprint density at radius 2 is 1.93 bits per heavy atom. The molecule has 0 unspecified atom stereocenters. The van der Waals surface area contributed by atoms with Crippen LogP contribution in [0.5, 0.6) is 5.88 Å². The van der Waals surface area contributed by atoms with Gasteiger partial charge in [-0.15, -0.1) is 0 Å². The molecule has 1 aliphatic rings. The second-order valence-electron chi connectivity index (χ2n) is 6.85. The molecule has 0 atom stereocenters. The molecular weight excluding hydrogens is 402 g/mol. The number of carbonyl (C=O) groups is 1. The summed E-state index contributed by atoms with van der Waals surface area (Å²) in [6, 6.07) is 13.1. The number of halogens is 1. The monoisotopic (exact) mass is 421 g/mol. The minimum absolute atomic E-state index is 0.0768. The molecular formula is C22H20ClN5O2. The first-order valence-corrected chi connectivity index (χ1v) is 9.97. The number of aromatic nitrogens is 1. The quantitative estimate of drug-likeness (QED) is 0.479. The highest BCUT2D eigenvalue weighted by Gasteiger charge is 2.18. The molecule has 8 heteroatoms. The van der Waals surface area contributed by atoms with Gasteiger partial charge in [-0.3, -0.25) is 4.79 Å². The van der Waals surface area contributed by atoms with Gasteiger partial charge in [-0.25, -0.2) is 5.43 Å². The van der Waals surface area contributed by atoms with Gasteiger partial charge < -0.3 is 9.67 Å². The molecule has 152 valence electrons. The van der Waals surface area contributed by atoms with Gasteiger partial charge in [0.05, 0.1) is 29.2 Å². The summed E-state index contributed by atoms with van der Waals surface area (Å²) in [5.41, 5.74) is 6.61. The Labute approximate surface area is 178 Å². The van der Waals surface area contributed by atoms with E-state index in [0.717, 1.165) is 27.7 Å². The number of benzene rings is 2. The van der Waals surface area contributed by atoms with Crippen LogP contribution in [0.25, 0.3) is 10.9 Å². The number of rotatable bonds is 5. The fraction of sp³-hybridized carbons (Fsp3) is 0.182. The zero-order chi connectivity index (χ0) is 21.1. The van der Waals surface area contributed by atoms with Crippen LogP contribution in [0, 0.1) is 0 Å². The van der Waals surface area contributed by atoms with E-state index in [1.54, 1.807) is 24.6 Å². The van der Waals surface area contributed by atoms with Crippen LogP contribution in [0.1, 0.15) is 36.5 Å². The Morgan fingerprint density at radius 3 is 2.63 bits per heavy atom. The van der Waals surface area contributed by atoms with Crippen LogP contribution in [-0.2, 0) is 11.3 Å². The second-order valence-corrected chi connectivity index (χ2v) is 7.28. The second kappa shape index (κ2) is 8.51. The van der Waals surface area contributed by atoms with Crippen molar-refractivity contribution in [3.8, 4) is 5.88 Å². The Balaban J connectivity index is 1.65. The van der Waals surface area contributed by atoms with E-state index in [4.69, 9.17) is 11.6 Å². The average molecular weight is 422 g/mol. The molecule has 1 aromatic heterocycles. The number of amides is 1. The summed E-state index contributed by atoms with van der Waals surface area (Å²) in [7, 11) is 0. The largest absolute Gasteiger partial charge is 0.494 e. The first-order valence-electron chi connectivity index (χ1n) is 9.59. The van der Waals surface area contributed by atoms with Gasteiger partial charge in [-0.1, -0.05) is 35.9 Å². The van der Waals surface area contributed by atoms with Gasteiger partial charge in [-0.05, 0) is 36.2 Å². The highest BCUT2D eigenvalue weighted by molar-refractivity contribution is 6.30. The fourth-order valence-electron chi connectivity index (χ4n) is 3.41. The van der Waals surface area contributed by atoms with Gasteiger partial charge in [0, 0.05) is 29.8 Å². The number of hydrogen-bond acceptors (Lipinski definition) is 5. The molecule has 0 radical (unpaired) electrons. The lowest BCUT2D eigenvalue weighted by Crippen LogP contribution is -2.25. The Hall–Kier alpha value is -3.45. The highest BCUT2D eigenvalue weighted by Crippen LogP contribution is 2.31. The number of hydrogen-bond donors (Lipinski definition) is 2. The van der Waals surface area contributed by atoms with Gasteiger partial charge in [0.1, 0.15) is 0 Å². The maximum absolute atomic E-state index is 11.3. The number of nitrogens with one attached hydrogen (secondary N) is 1. The fourth-order valence-corrected chi connectivity index (χ4v) is 3.54. The maximum Gasteiger partial charge on any atom is 0.240 e. The molecule has 30 heavy (non-hydrogen) atoms. The van der Waals surface area contributed by atoms with Gasteiger partial charge >= 0.3 is 0 Å². The van der Waals surface area contributed by atoms with Crippen LogP contribution >= 0.6 is 11.6 Å². The van der Waals surface area contributed by atoms with E-state index >= 15 is 0 Å². The molecule has 2 aromatic carbocycles. The molecule has 7 nitrogen and oxygen atoms in total. The molecule has 0 saturated heterocycles. The van der Waals surface area contributed by atoms with Gasteiger partial charge in [0.2, 0.25) is 11.8 Å². The third kappa shape index (κ3) is 3.97. The first-order chi connectivity index (χ1) is 14.6. The predicted molar refractivity (Wildman–Crippen MR) is 120 cm³/mol.